The fourth-order valence-corrected chi connectivity index (χ4v) is 2.39. The molecule has 0 aliphatic rings. The summed E-state index contributed by atoms with van der Waals surface area (Å²) >= 11 is 0. The molecule has 2 unspecified atom stereocenters. The van der Waals surface area contributed by atoms with Gasteiger partial charge in [-0.25, -0.2) is 0 Å². The lowest BCUT2D eigenvalue weighted by molar-refractivity contribution is 0.0542. The normalized spacial score (nSPS) is 15.3. The van der Waals surface area contributed by atoms with E-state index in [0.717, 1.165) is 16.9 Å². The van der Waals surface area contributed by atoms with Gasteiger partial charge in [0.1, 0.15) is 11.4 Å². The second kappa shape index (κ2) is 6.94. The Hall–Kier alpha value is -1.85. The molecule has 2 N–H and O–H groups in total. The monoisotopic (exact) mass is 303 g/mol. The van der Waals surface area contributed by atoms with Crippen LogP contribution in [0.3, 0.4) is 0 Å². The molecular weight excluding hydrogens is 278 g/mol. The van der Waals surface area contributed by atoms with Crippen molar-refractivity contribution in [1.29, 1.82) is 0 Å². The zero-order valence-electron chi connectivity index (χ0n) is 13.7. The molecule has 120 valence electrons. The Bertz CT molecular complexity index is 607. The highest BCUT2D eigenvalue weighted by Gasteiger charge is 2.25. The van der Waals surface area contributed by atoms with Crippen molar-refractivity contribution < 1.29 is 9.84 Å². The maximum Gasteiger partial charge on any atom is 0.124 e. The molecule has 5 nitrogen and oxygen atoms in total. The van der Waals surface area contributed by atoms with E-state index in [4.69, 9.17) is 4.74 Å². The molecule has 22 heavy (non-hydrogen) atoms. The van der Waals surface area contributed by atoms with Gasteiger partial charge in [0.2, 0.25) is 0 Å². The lowest BCUT2D eigenvalue weighted by atomic mass is 9.98. The van der Waals surface area contributed by atoms with Gasteiger partial charge in [-0.3, -0.25) is 4.68 Å². The first-order chi connectivity index (χ1) is 10.4. The molecule has 0 saturated heterocycles. The van der Waals surface area contributed by atoms with Gasteiger partial charge < -0.3 is 15.2 Å². The van der Waals surface area contributed by atoms with Gasteiger partial charge in [-0.15, -0.1) is 0 Å². The van der Waals surface area contributed by atoms with Crippen LogP contribution in [-0.4, -0.2) is 28.0 Å². The number of para-hydroxylation sites is 1. The van der Waals surface area contributed by atoms with Crippen molar-refractivity contribution in [2.45, 2.75) is 32.4 Å². The molecule has 0 aliphatic heterocycles. The standard InChI is InChI=1S/C17H25N3O2/c1-5-22-16-9-7-6-8-15(16)13(2)18-12-17(3,21)14-10-19-20(4)11-14/h6-11,13,18,21H,5,12H2,1-4H3. The lowest BCUT2D eigenvalue weighted by Gasteiger charge is -2.26. The average Bonchev–Trinajstić information content (AvgIpc) is 2.93. The van der Waals surface area contributed by atoms with E-state index in [2.05, 4.69) is 17.3 Å². The summed E-state index contributed by atoms with van der Waals surface area (Å²) in [6.07, 6.45) is 3.53. The number of hydrogen-bond donors (Lipinski definition) is 2. The van der Waals surface area contributed by atoms with Crippen LogP contribution in [0.25, 0.3) is 0 Å². The van der Waals surface area contributed by atoms with Gasteiger partial charge in [0.15, 0.2) is 0 Å². The van der Waals surface area contributed by atoms with E-state index in [0.29, 0.717) is 13.2 Å². The minimum Gasteiger partial charge on any atom is -0.494 e. The summed E-state index contributed by atoms with van der Waals surface area (Å²) in [5.41, 5.74) is 0.919. The van der Waals surface area contributed by atoms with Crippen molar-refractivity contribution in [1.82, 2.24) is 15.1 Å². The number of hydrogen-bond acceptors (Lipinski definition) is 4. The second-order valence-corrected chi connectivity index (χ2v) is 5.75. The van der Waals surface area contributed by atoms with Crippen LogP contribution in [0.4, 0.5) is 0 Å². The summed E-state index contributed by atoms with van der Waals surface area (Å²) in [5, 5.41) is 18.1. The zero-order chi connectivity index (χ0) is 16.2. The summed E-state index contributed by atoms with van der Waals surface area (Å²) in [4.78, 5) is 0. The van der Waals surface area contributed by atoms with Crippen molar-refractivity contribution in [3.8, 4) is 5.75 Å². The van der Waals surface area contributed by atoms with Gasteiger partial charge in [0.05, 0.1) is 12.8 Å². The minimum absolute atomic E-state index is 0.0749. The molecule has 5 heteroatoms. The predicted octanol–water partition coefficient (Wildman–Crippen LogP) is 2.38. The van der Waals surface area contributed by atoms with Crippen LogP contribution >= 0.6 is 0 Å². The molecule has 0 fully saturated rings. The number of aromatic nitrogens is 2. The van der Waals surface area contributed by atoms with Crippen molar-refractivity contribution in [3.63, 3.8) is 0 Å². The van der Waals surface area contributed by atoms with Gasteiger partial charge in [-0.1, -0.05) is 18.2 Å². The molecule has 1 aromatic heterocycles. The topological polar surface area (TPSA) is 59.3 Å². The number of benzene rings is 1. The largest absolute Gasteiger partial charge is 0.494 e. The summed E-state index contributed by atoms with van der Waals surface area (Å²) in [6.45, 7) is 6.90. The smallest absolute Gasteiger partial charge is 0.124 e. The number of aliphatic hydroxyl groups is 1. The molecule has 0 radical (unpaired) electrons. The van der Waals surface area contributed by atoms with E-state index in [1.165, 1.54) is 0 Å². The molecule has 0 saturated carbocycles. The molecule has 0 spiro atoms. The van der Waals surface area contributed by atoms with Crippen molar-refractivity contribution in [2.75, 3.05) is 13.2 Å². The van der Waals surface area contributed by atoms with Crippen molar-refractivity contribution in [2.24, 2.45) is 7.05 Å². The number of rotatable bonds is 7. The SMILES string of the molecule is CCOc1ccccc1C(C)NCC(C)(O)c1cnn(C)c1. The van der Waals surface area contributed by atoms with Crippen LogP contribution in [0.1, 0.15) is 37.9 Å². The Labute approximate surface area is 131 Å². The van der Waals surface area contributed by atoms with Crippen LogP contribution in [0.5, 0.6) is 5.75 Å². The Morgan fingerprint density at radius 2 is 2.14 bits per heavy atom. The molecular formula is C17H25N3O2. The number of nitrogens with one attached hydrogen (secondary N) is 1. The van der Waals surface area contributed by atoms with E-state index >= 15 is 0 Å². The van der Waals surface area contributed by atoms with Crippen LogP contribution in [-0.2, 0) is 12.6 Å². The van der Waals surface area contributed by atoms with E-state index < -0.39 is 5.60 Å². The van der Waals surface area contributed by atoms with E-state index in [1.807, 2.05) is 44.4 Å². The quantitative estimate of drug-likeness (QED) is 0.824. The van der Waals surface area contributed by atoms with Crippen LogP contribution in [0.2, 0.25) is 0 Å². The van der Waals surface area contributed by atoms with Crippen molar-refractivity contribution in [3.05, 3.63) is 47.8 Å². The molecule has 2 atom stereocenters. The Morgan fingerprint density at radius 1 is 1.41 bits per heavy atom. The first kappa shape index (κ1) is 16.5. The Morgan fingerprint density at radius 3 is 2.77 bits per heavy atom. The van der Waals surface area contributed by atoms with Gasteiger partial charge >= 0.3 is 0 Å². The zero-order valence-corrected chi connectivity index (χ0v) is 13.7. The third kappa shape index (κ3) is 3.87. The molecule has 0 amide bonds. The van der Waals surface area contributed by atoms with Gasteiger partial charge in [0, 0.05) is 37.0 Å². The highest BCUT2D eigenvalue weighted by molar-refractivity contribution is 5.35. The van der Waals surface area contributed by atoms with Gasteiger partial charge in [-0.2, -0.15) is 5.10 Å². The molecule has 0 bridgehead atoms. The maximum absolute atomic E-state index is 10.6. The van der Waals surface area contributed by atoms with Gasteiger partial charge in [0.25, 0.3) is 0 Å². The predicted molar refractivity (Wildman–Crippen MR) is 86.8 cm³/mol. The van der Waals surface area contributed by atoms with E-state index in [-0.39, 0.29) is 6.04 Å². The molecule has 1 heterocycles. The third-order valence-corrected chi connectivity index (χ3v) is 3.76. The fourth-order valence-electron chi connectivity index (χ4n) is 2.39. The lowest BCUT2D eigenvalue weighted by Crippen LogP contribution is -2.36. The van der Waals surface area contributed by atoms with Crippen molar-refractivity contribution >= 4 is 0 Å². The first-order valence-corrected chi connectivity index (χ1v) is 7.60. The maximum atomic E-state index is 10.6. The van der Waals surface area contributed by atoms with Crippen LogP contribution < -0.4 is 10.1 Å². The van der Waals surface area contributed by atoms with Crippen LogP contribution in [0, 0.1) is 0 Å². The third-order valence-electron chi connectivity index (χ3n) is 3.76. The highest BCUT2D eigenvalue weighted by atomic mass is 16.5. The minimum atomic E-state index is -0.969. The Balaban J connectivity index is 2.05. The Kier molecular flexibility index (Phi) is 5.21. The molecule has 2 aromatic rings. The summed E-state index contributed by atoms with van der Waals surface area (Å²) in [7, 11) is 1.84. The average molecular weight is 303 g/mol. The molecule has 0 aliphatic carbocycles. The number of aryl methyl sites for hydroxylation is 1. The second-order valence-electron chi connectivity index (χ2n) is 5.75. The first-order valence-electron chi connectivity index (χ1n) is 7.60. The van der Waals surface area contributed by atoms with Crippen LogP contribution in [0.15, 0.2) is 36.7 Å². The van der Waals surface area contributed by atoms with Gasteiger partial charge in [-0.05, 0) is 26.8 Å². The van der Waals surface area contributed by atoms with E-state index in [1.54, 1.807) is 17.8 Å². The molecule has 2 rings (SSSR count). The molecule has 1 aromatic carbocycles. The number of nitrogens with zero attached hydrogens (tertiary/aromatic N) is 2. The fraction of sp³-hybridized carbons (Fsp3) is 0.471. The highest BCUT2D eigenvalue weighted by Crippen LogP contribution is 2.26. The summed E-state index contributed by atoms with van der Waals surface area (Å²) in [6, 6.07) is 8.05. The summed E-state index contributed by atoms with van der Waals surface area (Å²) < 4.78 is 7.35. The number of ether oxygens (including phenoxy) is 1. The summed E-state index contributed by atoms with van der Waals surface area (Å²) in [5.74, 6) is 0.881. The van der Waals surface area contributed by atoms with E-state index in [9.17, 15) is 5.11 Å².